The van der Waals surface area contributed by atoms with Crippen molar-refractivity contribution in [1.82, 2.24) is 0 Å². The fourth-order valence-electron chi connectivity index (χ4n) is 3.36. The Morgan fingerprint density at radius 3 is 2.17 bits per heavy atom. The first-order valence-corrected chi connectivity index (χ1v) is 5.04. The SMILES string of the molecule is CC1(C)CC2(C=O)CCC1CC2. The maximum atomic E-state index is 11.0. The molecule has 3 rings (SSSR count). The summed E-state index contributed by atoms with van der Waals surface area (Å²) in [7, 11) is 0. The lowest BCUT2D eigenvalue weighted by Crippen LogP contribution is -2.45. The molecule has 2 bridgehead atoms. The van der Waals surface area contributed by atoms with E-state index in [0.29, 0.717) is 5.41 Å². The molecule has 0 aromatic carbocycles. The van der Waals surface area contributed by atoms with Gasteiger partial charge in [0.2, 0.25) is 0 Å². The van der Waals surface area contributed by atoms with E-state index in [4.69, 9.17) is 0 Å². The molecular formula is C11H18O. The van der Waals surface area contributed by atoms with Gasteiger partial charge in [-0.05, 0) is 43.4 Å². The van der Waals surface area contributed by atoms with Gasteiger partial charge in [0.05, 0.1) is 0 Å². The minimum absolute atomic E-state index is 0.0816. The van der Waals surface area contributed by atoms with Gasteiger partial charge in [-0.15, -0.1) is 0 Å². The molecule has 3 saturated carbocycles. The maximum Gasteiger partial charge on any atom is 0.126 e. The van der Waals surface area contributed by atoms with Gasteiger partial charge >= 0.3 is 0 Å². The van der Waals surface area contributed by atoms with Crippen LogP contribution in [0.3, 0.4) is 0 Å². The van der Waals surface area contributed by atoms with E-state index >= 15 is 0 Å². The Morgan fingerprint density at radius 2 is 1.83 bits per heavy atom. The van der Waals surface area contributed by atoms with Gasteiger partial charge in [-0.1, -0.05) is 13.8 Å². The van der Waals surface area contributed by atoms with Crippen LogP contribution in [0.25, 0.3) is 0 Å². The number of carbonyl (C=O) groups is 1. The number of carbonyl (C=O) groups excluding carboxylic acids is 1. The highest BCUT2D eigenvalue weighted by Gasteiger charge is 2.49. The van der Waals surface area contributed by atoms with Crippen molar-refractivity contribution in [2.24, 2.45) is 16.7 Å². The van der Waals surface area contributed by atoms with E-state index < -0.39 is 0 Å². The van der Waals surface area contributed by atoms with E-state index in [1.165, 1.54) is 19.1 Å². The average Bonchev–Trinajstić information content (AvgIpc) is 2.04. The Bertz CT molecular complexity index is 197. The molecular weight excluding hydrogens is 148 g/mol. The zero-order chi connectivity index (χ0) is 8.82. The van der Waals surface area contributed by atoms with E-state index in [0.717, 1.165) is 25.2 Å². The van der Waals surface area contributed by atoms with Gasteiger partial charge in [0, 0.05) is 5.41 Å². The monoisotopic (exact) mass is 166 g/mol. The molecule has 0 amide bonds. The number of aldehydes is 1. The average molecular weight is 166 g/mol. The molecule has 0 saturated heterocycles. The number of rotatable bonds is 1. The molecule has 0 unspecified atom stereocenters. The second kappa shape index (κ2) is 2.34. The van der Waals surface area contributed by atoms with E-state index in [1.54, 1.807) is 0 Å². The summed E-state index contributed by atoms with van der Waals surface area (Å²) < 4.78 is 0. The highest BCUT2D eigenvalue weighted by atomic mass is 16.1. The Kier molecular flexibility index (Phi) is 1.61. The highest BCUT2D eigenvalue weighted by Crippen LogP contribution is 2.57. The normalized spacial score (nSPS) is 44.3. The molecule has 0 aromatic rings. The Labute approximate surface area is 74.5 Å². The third-order valence-electron chi connectivity index (χ3n) is 4.14. The summed E-state index contributed by atoms with van der Waals surface area (Å²) in [4.78, 5) is 11.0. The smallest absolute Gasteiger partial charge is 0.126 e. The highest BCUT2D eigenvalue weighted by molar-refractivity contribution is 5.60. The Hall–Kier alpha value is -0.330. The lowest BCUT2D eigenvalue weighted by Gasteiger charge is -2.53. The molecule has 3 aliphatic carbocycles. The summed E-state index contributed by atoms with van der Waals surface area (Å²) in [6.45, 7) is 4.66. The summed E-state index contributed by atoms with van der Waals surface area (Å²) >= 11 is 0. The van der Waals surface area contributed by atoms with Gasteiger partial charge < -0.3 is 4.79 Å². The summed E-state index contributed by atoms with van der Waals surface area (Å²) in [6.07, 6.45) is 7.25. The van der Waals surface area contributed by atoms with Crippen LogP contribution in [-0.2, 0) is 4.79 Å². The van der Waals surface area contributed by atoms with E-state index in [-0.39, 0.29) is 5.41 Å². The van der Waals surface area contributed by atoms with E-state index in [2.05, 4.69) is 13.8 Å². The second-order valence-corrected chi connectivity index (χ2v) is 5.42. The van der Waals surface area contributed by atoms with Gasteiger partial charge in [0.15, 0.2) is 0 Å². The largest absolute Gasteiger partial charge is 0.303 e. The minimum Gasteiger partial charge on any atom is -0.303 e. The quantitative estimate of drug-likeness (QED) is 0.547. The van der Waals surface area contributed by atoms with Gasteiger partial charge in [0.1, 0.15) is 6.29 Å². The molecule has 1 heteroatoms. The molecule has 12 heavy (non-hydrogen) atoms. The van der Waals surface area contributed by atoms with Crippen molar-refractivity contribution in [3.05, 3.63) is 0 Å². The first-order valence-electron chi connectivity index (χ1n) is 5.04. The van der Waals surface area contributed by atoms with Crippen LogP contribution in [0.5, 0.6) is 0 Å². The number of hydrogen-bond acceptors (Lipinski definition) is 1. The zero-order valence-electron chi connectivity index (χ0n) is 8.10. The van der Waals surface area contributed by atoms with E-state index in [9.17, 15) is 4.79 Å². The van der Waals surface area contributed by atoms with Crippen LogP contribution in [-0.4, -0.2) is 6.29 Å². The molecule has 3 fully saturated rings. The predicted molar refractivity (Wildman–Crippen MR) is 48.9 cm³/mol. The van der Waals surface area contributed by atoms with Crippen molar-refractivity contribution >= 4 is 6.29 Å². The van der Waals surface area contributed by atoms with Crippen molar-refractivity contribution in [1.29, 1.82) is 0 Å². The van der Waals surface area contributed by atoms with Gasteiger partial charge in [0.25, 0.3) is 0 Å². The fourth-order valence-corrected chi connectivity index (χ4v) is 3.36. The maximum absolute atomic E-state index is 11.0. The van der Waals surface area contributed by atoms with Crippen molar-refractivity contribution in [2.75, 3.05) is 0 Å². The van der Waals surface area contributed by atoms with Crippen LogP contribution in [0.1, 0.15) is 46.0 Å². The van der Waals surface area contributed by atoms with Crippen LogP contribution < -0.4 is 0 Å². The van der Waals surface area contributed by atoms with E-state index in [1.807, 2.05) is 0 Å². The summed E-state index contributed by atoms with van der Waals surface area (Å²) in [5.74, 6) is 0.888. The molecule has 0 heterocycles. The molecule has 0 N–H and O–H groups in total. The summed E-state index contributed by atoms with van der Waals surface area (Å²) in [5.41, 5.74) is 0.510. The number of fused-ring (bicyclic) bond motifs is 3. The molecule has 0 spiro atoms. The Balaban J connectivity index is 2.26. The van der Waals surface area contributed by atoms with Crippen LogP contribution in [0, 0.1) is 16.7 Å². The van der Waals surface area contributed by atoms with Crippen molar-refractivity contribution in [3.8, 4) is 0 Å². The van der Waals surface area contributed by atoms with Crippen LogP contribution in [0.15, 0.2) is 0 Å². The van der Waals surface area contributed by atoms with Crippen molar-refractivity contribution in [2.45, 2.75) is 46.0 Å². The van der Waals surface area contributed by atoms with Crippen LogP contribution >= 0.6 is 0 Å². The standard InChI is InChI=1S/C11H18O/c1-10(2)7-11(8-12)5-3-9(10)4-6-11/h8-9H,3-7H2,1-2H3. The molecule has 68 valence electrons. The first kappa shape index (κ1) is 8.28. The first-order chi connectivity index (χ1) is 5.58. The molecule has 1 nitrogen and oxygen atoms in total. The number of hydrogen-bond donors (Lipinski definition) is 0. The third-order valence-corrected chi connectivity index (χ3v) is 4.14. The Morgan fingerprint density at radius 1 is 1.25 bits per heavy atom. The van der Waals surface area contributed by atoms with Crippen molar-refractivity contribution < 1.29 is 4.79 Å². The minimum atomic E-state index is 0.0816. The molecule has 0 aliphatic heterocycles. The molecule has 3 aliphatic rings. The zero-order valence-corrected chi connectivity index (χ0v) is 8.10. The third kappa shape index (κ3) is 1.02. The van der Waals surface area contributed by atoms with Crippen LogP contribution in [0.4, 0.5) is 0 Å². The van der Waals surface area contributed by atoms with Gasteiger partial charge in [-0.3, -0.25) is 0 Å². The molecule has 0 aromatic heterocycles. The predicted octanol–water partition coefficient (Wildman–Crippen LogP) is 2.79. The lowest BCUT2D eigenvalue weighted by atomic mass is 9.51. The van der Waals surface area contributed by atoms with Gasteiger partial charge in [-0.2, -0.15) is 0 Å². The molecule has 0 radical (unpaired) electrons. The van der Waals surface area contributed by atoms with Gasteiger partial charge in [-0.25, -0.2) is 0 Å². The summed E-state index contributed by atoms with van der Waals surface area (Å²) in [6, 6.07) is 0. The summed E-state index contributed by atoms with van der Waals surface area (Å²) in [5, 5.41) is 0. The fraction of sp³-hybridized carbons (Fsp3) is 0.909. The van der Waals surface area contributed by atoms with Crippen molar-refractivity contribution in [3.63, 3.8) is 0 Å². The lowest BCUT2D eigenvalue weighted by molar-refractivity contribution is -0.128. The van der Waals surface area contributed by atoms with Crippen LogP contribution in [0.2, 0.25) is 0 Å². The topological polar surface area (TPSA) is 17.1 Å². The second-order valence-electron chi connectivity index (χ2n) is 5.42. The molecule has 0 atom stereocenters.